The molecule has 8 heteroatoms. The summed E-state index contributed by atoms with van der Waals surface area (Å²) in [5.41, 5.74) is 0. The highest BCUT2D eigenvalue weighted by molar-refractivity contribution is 5.31. The Morgan fingerprint density at radius 3 is 1.60 bits per heavy atom. The SMILES string of the molecule is O[C@H](CNC[C@@H]1CCCO1)COc1ccc(OC[C@@H](O)CNC[C@@H]2CCCO2)cc1. The molecule has 0 radical (unpaired) electrons. The molecule has 1 aromatic carbocycles. The van der Waals surface area contributed by atoms with E-state index in [4.69, 9.17) is 18.9 Å². The molecule has 2 aliphatic heterocycles. The number of benzene rings is 1. The van der Waals surface area contributed by atoms with E-state index in [1.165, 1.54) is 0 Å². The van der Waals surface area contributed by atoms with E-state index in [9.17, 15) is 10.2 Å². The predicted octanol–water partition coefficient (Wildman–Crippen LogP) is 0.703. The van der Waals surface area contributed by atoms with Crippen LogP contribution in [0.2, 0.25) is 0 Å². The van der Waals surface area contributed by atoms with Gasteiger partial charge in [-0.15, -0.1) is 0 Å². The molecule has 2 heterocycles. The van der Waals surface area contributed by atoms with Crippen molar-refractivity contribution in [2.24, 2.45) is 0 Å². The summed E-state index contributed by atoms with van der Waals surface area (Å²) in [5.74, 6) is 1.33. The van der Waals surface area contributed by atoms with E-state index in [1.54, 1.807) is 24.3 Å². The number of aliphatic hydroxyl groups is 2. The van der Waals surface area contributed by atoms with Crippen molar-refractivity contribution in [1.29, 1.82) is 0 Å². The summed E-state index contributed by atoms with van der Waals surface area (Å²) in [5, 5.41) is 26.5. The Labute approximate surface area is 178 Å². The molecular formula is C22H36N2O6. The van der Waals surface area contributed by atoms with E-state index in [1.807, 2.05) is 0 Å². The molecule has 3 rings (SSSR count). The van der Waals surface area contributed by atoms with Crippen molar-refractivity contribution in [2.45, 2.75) is 50.1 Å². The molecule has 170 valence electrons. The normalized spacial score (nSPS) is 23.4. The highest BCUT2D eigenvalue weighted by Gasteiger charge is 2.16. The lowest BCUT2D eigenvalue weighted by Crippen LogP contribution is -2.35. The van der Waals surface area contributed by atoms with E-state index in [-0.39, 0.29) is 25.4 Å². The summed E-state index contributed by atoms with van der Waals surface area (Å²) >= 11 is 0. The Morgan fingerprint density at radius 1 is 0.800 bits per heavy atom. The molecule has 0 spiro atoms. The quantitative estimate of drug-likeness (QED) is 0.346. The average molecular weight is 425 g/mol. The van der Waals surface area contributed by atoms with Crippen LogP contribution in [0.1, 0.15) is 25.7 Å². The second kappa shape index (κ2) is 13.1. The van der Waals surface area contributed by atoms with Crippen LogP contribution in [-0.2, 0) is 9.47 Å². The minimum absolute atomic E-state index is 0.216. The van der Waals surface area contributed by atoms with Gasteiger partial charge < -0.3 is 39.8 Å². The van der Waals surface area contributed by atoms with Gasteiger partial charge >= 0.3 is 0 Å². The number of rotatable bonds is 14. The van der Waals surface area contributed by atoms with Crippen molar-refractivity contribution < 1.29 is 29.2 Å². The lowest BCUT2D eigenvalue weighted by molar-refractivity contribution is 0.0870. The summed E-state index contributed by atoms with van der Waals surface area (Å²) < 4.78 is 22.3. The maximum Gasteiger partial charge on any atom is 0.119 e. The smallest absolute Gasteiger partial charge is 0.119 e. The van der Waals surface area contributed by atoms with Crippen molar-refractivity contribution in [3.8, 4) is 11.5 Å². The Morgan fingerprint density at radius 2 is 1.23 bits per heavy atom. The molecule has 4 atom stereocenters. The number of hydrogen-bond donors (Lipinski definition) is 4. The minimum Gasteiger partial charge on any atom is -0.491 e. The first kappa shape index (κ1) is 23.2. The molecular weight excluding hydrogens is 388 g/mol. The second-order valence-corrected chi connectivity index (χ2v) is 7.99. The summed E-state index contributed by atoms with van der Waals surface area (Å²) in [4.78, 5) is 0. The summed E-state index contributed by atoms with van der Waals surface area (Å²) in [6, 6.07) is 7.18. The Balaban J connectivity index is 1.23. The standard InChI is InChI=1S/C22H36N2O6/c25-17(11-23-13-21-3-1-9-27-21)15-29-19-5-7-20(8-6-19)30-16-18(26)12-24-14-22-4-2-10-28-22/h5-8,17-18,21-26H,1-4,9-16H2/t17-,18+,21-,22-/m0/s1. The fourth-order valence-electron chi connectivity index (χ4n) is 3.57. The highest BCUT2D eigenvalue weighted by Crippen LogP contribution is 2.18. The molecule has 0 aromatic heterocycles. The second-order valence-electron chi connectivity index (χ2n) is 7.99. The van der Waals surface area contributed by atoms with Crippen LogP contribution in [0.5, 0.6) is 11.5 Å². The van der Waals surface area contributed by atoms with Crippen LogP contribution in [-0.4, -0.2) is 87.2 Å². The van der Waals surface area contributed by atoms with Gasteiger partial charge in [0.2, 0.25) is 0 Å². The van der Waals surface area contributed by atoms with Crippen LogP contribution in [0, 0.1) is 0 Å². The maximum atomic E-state index is 10.0. The van der Waals surface area contributed by atoms with Gasteiger partial charge in [0.05, 0.1) is 12.2 Å². The van der Waals surface area contributed by atoms with Crippen molar-refractivity contribution in [3.05, 3.63) is 24.3 Å². The molecule has 0 amide bonds. The molecule has 2 saturated heterocycles. The number of ether oxygens (including phenoxy) is 4. The zero-order valence-corrected chi connectivity index (χ0v) is 17.6. The maximum absolute atomic E-state index is 10.0. The zero-order chi connectivity index (χ0) is 21.0. The first-order valence-electron chi connectivity index (χ1n) is 11.1. The van der Waals surface area contributed by atoms with Crippen molar-refractivity contribution in [1.82, 2.24) is 10.6 Å². The largest absolute Gasteiger partial charge is 0.491 e. The number of hydrogen-bond acceptors (Lipinski definition) is 8. The van der Waals surface area contributed by atoms with Gasteiger partial charge in [0.15, 0.2) is 0 Å². The molecule has 8 nitrogen and oxygen atoms in total. The van der Waals surface area contributed by atoms with Crippen LogP contribution in [0.15, 0.2) is 24.3 Å². The van der Waals surface area contributed by atoms with Crippen LogP contribution in [0.3, 0.4) is 0 Å². The van der Waals surface area contributed by atoms with E-state index in [2.05, 4.69) is 10.6 Å². The predicted molar refractivity (Wildman–Crippen MR) is 113 cm³/mol. The molecule has 4 N–H and O–H groups in total. The van der Waals surface area contributed by atoms with E-state index < -0.39 is 12.2 Å². The van der Waals surface area contributed by atoms with Gasteiger partial charge in [-0.2, -0.15) is 0 Å². The number of nitrogens with one attached hydrogen (secondary N) is 2. The van der Waals surface area contributed by atoms with Gasteiger partial charge in [-0.1, -0.05) is 0 Å². The fraction of sp³-hybridized carbons (Fsp3) is 0.727. The van der Waals surface area contributed by atoms with Crippen molar-refractivity contribution in [3.63, 3.8) is 0 Å². The topological polar surface area (TPSA) is 101 Å². The first-order chi connectivity index (χ1) is 14.7. The molecule has 0 bridgehead atoms. The summed E-state index contributed by atoms with van der Waals surface area (Å²) in [6.45, 7) is 4.58. The van der Waals surface area contributed by atoms with E-state index in [0.717, 1.165) is 52.0 Å². The zero-order valence-electron chi connectivity index (χ0n) is 17.6. The van der Waals surface area contributed by atoms with Gasteiger partial charge in [-0.25, -0.2) is 0 Å². The fourth-order valence-corrected chi connectivity index (χ4v) is 3.57. The summed E-state index contributed by atoms with van der Waals surface area (Å²) in [7, 11) is 0. The highest BCUT2D eigenvalue weighted by atomic mass is 16.5. The van der Waals surface area contributed by atoms with Crippen LogP contribution < -0.4 is 20.1 Å². The van der Waals surface area contributed by atoms with Gasteiger partial charge in [-0.05, 0) is 49.9 Å². The summed E-state index contributed by atoms with van der Waals surface area (Å²) in [6.07, 6.45) is 3.75. The monoisotopic (exact) mass is 424 g/mol. The lowest BCUT2D eigenvalue weighted by Gasteiger charge is -2.16. The van der Waals surface area contributed by atoms with Gasteiger partial charge in [-0.3, -0.25) is 0 Å². The third kappa shape index (κ3) is 8.75. The molecule has 1 aromatic rings. The van der Waals surface area contributed by atoms with E-state index >= 15 is 0 Å². The Bertz CT molecular complexity index is 524. The third-order valence-electron chi connectivity index (χ3n) is 5.26. The van der Waals surface area contributed by atoms with E-state index in [0.29, 0.717) is 24.6 Å². The minimum atomic E-state index is -0.584. The van der Waals surface area contributed by atoms with Gasteiger partial charge in [0.25, 0.3) is 0 Å². The third-order valence-corrected chi connectivity index (χ3v) is 5.26. The molecule has 2 fully saturated rings. The van der Waals surface area contributed by atoms with Gasteiger partial charge in [0.1, 0.15) is 36.9 Å². The molecule has 2 aliphatic rings. The Kier molecular flexibility index (Phi) is 10.1. The van der Waals surface area contributed by atoms with Crippen molar-refractivity contribution in [2.75, 3.05) is 52.6 Å². The van der Waals surface area contributed by atoms with Crippen LogP contribution >= 0.6 is 0 Å². The lowest BCUT2D eigenvalue weighted by atomic mass is 10.2. The molecule has 0 unspecified atom stereocenters. The molecule has 30 heavy (non-hydrogen) atoms. The molecule has 0 aliphatic carbocycles. The van der Waals surface area contributed by atoms with Crippen molar-refractivity contribution >= 4 is 0 Å². The van der Waals surface area contributed by atoms with Crippen LogP contribution in [0.25, 0.3) is 0 Å². The average Bonchev–Trinajstić information content (AvgIpc) is 3.46. The molecule has 0 saturated carbocycles. The first-order valence-corrected chi connectivity index (χ1v) is 11.1. The Hall–Kier alpha value is -1.42. The number of aliphatic hydroxyl groups excluding tert-OH is 2. The van der Waals surface area contributed by atoms with Crippen LogP contribution in [0.4, 0.5) is 0 Å². The van der Waals surface area contributed by atoms with Gasteiger partial charge in [0, 0.05) is 39.4 Å².